The summed E-state index contributed by atoms with van der Waals surface area (Å²) in [6.07, 6.45) is -0.420. The predicted octanol–water partition coefficient (Wildman–Crippen LogP) is -0.931. The summed E-state index contributed by atoms with van der Waals surface area (Å²) in [6, 6.07) is 0. The number of aliphatic hydroxyl groups excluding tert-OH is 1. The Morgan fingerprint density at radius 3 is 2.91 bits per heavy atom. The Balaban J connectivity index is 2.13. The summed E-state index contributed by atoms with van der Waals surface area (Å²) in [6.45, 7) is 1.03. The maximum Gasteiger partial charge on any atom is 0.304 e. The van der Waals surface area contributed by atoms with Gasteiger partial charge in [0.2, 0.25) is 0 Å². The van der Waals surface area contributed by atoms with E-state index in [-0.39, 0.29) is 13.0 Å². The number of carboxylic acids is 1. The fourth-order valence-electron chi connectivity index (χ4n) is 0.908. The Morgan fingerprint density at radius 1 is 1.73 bits per heavy atom. The van der Waals surface area contributed by atoms with Gasteiger partial charge in [0, 0.05) is 6.54 Å². The Labute approximate surface area is 64.1 Å². The highest BCUT2D eigenvalue weighted by Gasteiger charge is 2.21. The van der Waals surface area contributed by atoms with E-state index < -0.39 is 12.1 Å². The number of hydrogen-bond acceptors (Lipinski definition) is 4. The predicted molar refractivity (Wildman–Crippen MR) is 35.8 cm³/mol. The molecule has 5 nitrogen and oxygen atoms in total. The maximum atomic E-state index is 10.1. The molecule has 0 saturated carbocycles. The van der Waals surface area contributed by atoms with Crippen LogP contribution in [0.4, 0.5) is 0 Å². The molecule has 11 heavy (non-hydrogen) atoms. The van der Waals surface area contributed by atoms with E-state index in [9.17, 15) is 4.79 Å². The molecule has 0 spiro atoms. The van der Waals surface area contributed by atoms with Crippen molar-refractivity contribution in [3.05, 3.63) is 0 Å². The molecular weight excluding hydrogens is 150 g/mol. The quantitative estimate of drug-likeness (QED) is 0.559. The molecule has 1 heterocycles. The van der Waals surface area contributed by atoms with Gasteiger partial charge in [-0.1, -0.05) is 0 Å². The first kappa shape index (κ1) is 8.45. The standard InChI is InChI=1S/C6H11NO4/c8-5-3-7(11-4-5)2-1-6(9)10/h5,8H,1-4H2,(H,9,10)/t5-/m0/s1. The molecule has 1 saturated heterocycles. The minimum absolute atomic E-state index is 0.0483. The third-order valence-corrected chi connectivity index (χ3v) is 1.44. The van der Waals surface area contributed by atoms with E-state index in [0.717, 1.165) is 0 Å². The van der Waals surface area contributed by atoms with Crippen LogP contribution in [0.15, 0.2) is 0 Å². The second kappa shape index (κ2) is 3.66. The first-order valence-electron chi connectivity index (χ1n) is 3.46. The molecule has 0 bridgehead atoms. The minimum atomic E-state index is -0.852. The van der Waals surface area contributed by atoms with Gasteiger partial charge in [0.25, 0.3) is 0 Å². The normalized spacial score (nSPS) is 25.7. The van der Waals surface area contributed by atoms with Gasteiger partial charge in [0.1, 0.15) is 0 Å². The average Bonchev–Trinajstić information content (AvgIpc) is 2.31. The maximum absolute atomic E-state index is 10.1. The summed E-state index contributed by atoms with van der Waals surface area (Å²) >= 11 is 0. The number of carbonyl (C=O) groups is 1. The smallest absolute Gasteiger partial charge is 0.304 e. The highest BCUT2D eigenvalue weighted by atomic mass is 16.7. The molecule has 0 radical (unpaired) electrons. The molecule has 1 fully saturated rings. The minimum Gasteiger partial charge on any atom is -0.481 e. The molecule has 64 valence electrons. The molecule has 1 rings (SSSR count). The molecule has 0 aromatic heterocycles. The van der Waals surface area contributed by atoms with Crippen LogP contribution in [0.25, 0.3) is 0 Å². The molecule has 1 atom stereocenters. The largest absolute Gasteiger partial charge is 0.481 e. The molecule has 0 unspecified atom stereocenters. The van der Waals surface area contributed by atoms with Crippen LogP contribution >= 0.6 is 0 Å². The number of β-amino-alcohol motifs (C(OH)–C–C–N with tert-alkyl or cyclic N) is 1. The van der Waals surface area contributed by atoms with E-state index >= 15 is 0 Å². The van der Waals surface area contributed by atoms with Crippen LogP contribution in [0.3, 0.4) is 0 Å². The molecule has 1 aliphatic rings. The van der Waals surface area contributed by atoms with Crippen LogP contribution in [-0.2, 0) is 9.63 Å². The average molecular weight is 161 g/mol. The van der Waals surface area contributed by atoms with Crippen molar-refractivity contribution in [2.75, 3.05) is 19.7 Å². The Hall–Kier alpha value is -0.650. The second-order valence-electron chi connectivity index (χ2n) is 2.48. The van der Waals surface area contributed by atoms with Gasteiger partial charge in [-0.05, 0) is 0 Å². The van der Waals surface area contributed by atoms with Crippen LogP contribution in [0, 0.1) is 0 Å². The number of nitrogens with zero attached hydrogens (tertiary/aromatic N) is 1. The van der Waals surface area contributed by atoms with Crippen LogP contribution in [0.5, 0.6) is 0 Å². The molecule has 1 aliphatic heterocycles. The number of aliphatic carboxylic acids is 1. The van der Waals surface area contributed by atoms with Crippen molar-refractivity contribution in [2.24, 2.45) is 0 Å². The van der Waals surface area contributed by atoms with Crippen LogP contribution < -0.4 is 0 Å². The summed E-state index contributed by atoms with van der Waals surface area (Å²) < 4.78 is 0. The second-order valence-corrected chi connectivity index (χ2v) is 2.48. The zero-order valence-corrected chi connectivity index (χ0v) is 6.06. The summed E-state index contributed by atoms with van der Waals surface area (Å²) in [4.78, 5) is 15.0. The molecule has 0 aliphatic carbocycles. The van der Waals surface area contributed by atoms with Gasteiger partial charge in [0.05, 0.1) is 25.7 Å². The first-order chi connectivity index (χ1) is 5.18. The lowest BCUT2D eigenvalue weighted by atomic mass is 10.4. The van der Waals surface area contributed by atoms with E-state index in [1.54, 1.807) is 0 Å². The third-order valence-electron chi connectivity index (χ3n) is 1.44. The zero-order valence-electron chi connectivity index (χ0n) is 6.06. The van der Waals surface area contributed by atoms with Crippen molar-refractivity contribution in [2.45, 2.75) is 12.5 Å². The highest BCUT2D eigenvalue weighted by molar-refractivity contribution is 5.66. The van der Waals surface area contributed by atoms with Gasteiger partial charge >= 0.3 is 5.97 Å². The van der Waals surface area contributed by atoms with Crippen molar-refractivity contribution < 1.29 is 19.8 Å². The summed E-state index contributed by atoms with van der Waals surface area (Å²) in [7, 11) is 0. The van der Waals surface area contributed by atoms with Crippen molar-refractivity contribution in [1.29, 1.82) is 0 Å². The molecule has 2 N–H and O–H groups in total. The number of rotatable bonds is 3. The molecule has 0 aromatic rings. The van der Waals surface area contributed by atoms with Crippen molar-refractivity contribution in [1.82, 2.24) is 5.06 Å². The first-order valence-corrected chi connectivity index (χ1v) is 3.46. The SMILES string of the molecule is O=C(O)CCN1C[C@H](O)CO1. The summed E-state index contributed by atoms with van der Waals surface area (Å²) in [5, 5.41) is 18.7. The van der Waals surface area contributed by atoms with Crippen LogP contribution in [0.2, 0.25) is 0 Å². The van der Waals surface area contributed by atoms with E-state index in [1.807, 2.05) is 0 Å². The Morgan fingerprint density at radius 2 is 2.45 bits per heavy atom. The van der Waals surface area contributed by atoms with E-state index in [1.165, 1.54) is 5.06 Å². The van der Waals surface area contributed by atoms with E-state index in [2.05, 4.69) is 0 Å². The summed E-state index contributed by atoms with van der Waals surface area (Å²) in [5.41, 5.74) is 0. The van der Waals surface area contributed by atoms with Gasteiger partial charge < -0.3 is 10.2 Å². The fourth-order valence-corrected chi connectivity index (χ4v) is 0.908. The van der Waals surface area contributed by atoms with Gasteiger partial charge in [-0.3, -0.25) is 9.63 Å². The summed E-state index contributed by atoms with van der Waals surface area (Å²) in [5.74, 6) is -0.852. The van der Waals surface area contributed by atoms with Crippen molar-refractivity contribution in [3.8, 4) is 0 Å². The van der Waals surface area contributed by atoms with E-state index in [0.29, 0.717) is 13.1 Å². The Kier molecular flexibility index (Phi) is 2.81. The molecule has 5 heteroatoms. The molecule has 0 aromatic carbocycles. The van der Waals surface area contributed by atoms with Gasteiger partial charge in [-0.15, -0.1) is 0 Å². The van der Waals surface area contributed by atoms with Gasteiger partial charge in [-0.2, -0.15) is 5.06 Å². The molecule has 0 amide bonds. The number of aliphatic hydroxyl groups is 1. The highest BCUT2D eigenvalue weighted by Crippen LogP contribution is 2.05. The number of hydroxylamine groups is 2. The third kappa shape index (κ3) is 2.83. The van der Waals surface area contributed by atoms with Crippen LogP contribution in [-0.4, -0.2) is 47.0 Å². The van der Waals surface area contributed by atoms with Crippen molar-refractivity contribution in [3.63, 3.8) is 0 Å². The van der Waals surface area contributed by atoms with Gasteiger partial charge in [0.15, 0.2) is 0 Å². The van der Waals surface area contributed by atoms with E-state index in [4.69, 9.17) is 15.1 Å². The topological polar surface area (TPSA) is 70.0 Å². The number of carboxylic acid groups (broad SMARTS) is 1. The Bertz CT molecular complexity index is 150. The van der Waals surface area contributed by atoms with Crippen molar-refractivity contribution >= 4 is 5.97 Å². The lowest BCUT2D eigenvalue weighted by molar-refractivity contribution is -0.144. The number of hydrogen-bond donors (Lipinski definition) is 2. The zero-order chi connectivity index (χ0) is 8.27. The van der Waals surface area contributed by atoms with Gasteiger partial charge in [-0.25, -0.2) is 0 Å². The monoisotopic (exact) mass is 161 g/mol. The van der Waals surface area contributed by atoms with Crippen LogP contribution in [0.1, 0.15) is 6.42 Å². The lowest BCUT2D eigenvalue weighted by Crippen LogP contribution is -2.23. The lowest BCUT2D eigenvalue weighted by Gasteiger charge is -2.10. The fraction of sp³-hybridized carbons (Fsp3) is 0.833. The molecular formula is C6H11NO4.